The van der Waals surface area contributed by atoms with E-state index in [4.69, 9.17) is 5.11 Å². The molecule has 0 spiro atoms. The maximum absolute atomic E-state index is 8.71. The van der Waals surface area contributed by atoms with Crippen LogP contribution in [-0.2, 0) is 13.1 Å². The Kier molecular flexibility index (Phi) is 5.36. The van der Waals surface area contributed by atoms with Crippen LogP contribution in [0.1, 0.15) is 32.4 Å². The first kappa shape index (κ1) is 12.2. The van der Waals surface area contributed by atoms with Crippen LogP contribution in [0.25, 0.3) is 0 Å². The molecule has 0 radical (unpaired) electrons. The lowest BCUT2D eigenvalue weighted by Gasteiger charge is -2.13. The van der Waals surface area contributed by atoms with Gasteiger partial charge in [-0.1, -0.05) is 0 Å². The molecule has 1 aromatic heterocycles. The van der Waals surface area contributed by atoms with E-state index in [1.165, 1.54) is 5.69 Å². The fourth-order valence-corrected chi connectivity index (χ4v) is 1.57. The molecule has 86 valence electrons. The number of rotatable bonds is 7. The van der Waals surface area contributed by atoms with Gasteiger partial charge in [-0.05, 0) is 32.8 Å². The van der Waals surface area contributed by atoms with Gasteiger partial charge < -0.3 is 10.4 Å². The number of hydrogen-bond donors (Lipinski definition) is 2. The van der Waals surface area contributed by atoms with Gasteiger partial charge in [0.1, 0.15) is 0 Å². The summed E-state index contributed by atoms with van der Waals surface area (Å²) in [7, 11) is 0. The summed E-state index contributed by atoms with van der Waals surface area (Å²) < 4.78 is 1.99. The van der Waals surface area contributed by atoms with Crippen LogP contribution in [0.5, 0.6) is 0 Å². The van der Waals surface area contributed by atoms with Crippen molar-refractivity contribution in [2.24, 2.45) is 0 Å². The normalized spacial score (nSPS) is 13.0. The van der Waals surface area contributed by atoms with Crippen LogP contribution in [0, 0.1) is 0 Å². The molecular weight excluding hydrogens is 190 g/mol. The summed E-state index contributed by atoms with van der Waals surface area (Å²) in [5.74, 6) is 0. The van der Waals surface area contributed by atoms with Crippen LogP contribution in [0.2, 0.25) is 0 Å². The van der Waals surface area contributed by atoms with E-state index in [0.29, 0.717) is 6.04 Å². The topological polar surface area (TPSA) is 50.1 Å². The third kappa shape index (κ3) is 4.01. The third-order valence-electron chi connectivity index (χ3n) is 2.53. The summed E-state index contributed by atoms with van der Waals surface area (Å²) in [6.45, 7) is 6.27. The average molecular weight is 211 g/mol. The van der Waals surface area contributed by atoms with Gasteiger partial charge in [-0.3, -0.25) is 4.68 Å². The average Bonchev–Trinajstić information content (AvgIpc) is 2.70. The molecule has 0 aromatic carbocycles. The van der Waals surface area contributed by atoms with Gasteiger partial charge in [0.2, 0.25) is 0 Å². The van der Waals surface area contributed by atoms with Crippen LogP contribution in [0.3, 0.4) is 0 Å². The number of aliphatic hydroxyl groups excluding tert-OH is 1. The van der Waals surface area contributed by atoms with Gasteiger partial charge in [0.05, 0.1) is 5.69 Å². The molecule has 0 aliphatic rings. The summed E-state index contributed by atoms with van der Waals surface area (Å²) in [6, 6.07) is 2.48. The van der Waals surface area contributed by atoms with Crippen molar-refractivity contribution in [3.05, 3.63) is 18.0 Å². The highest BCUT2D eigenvalue weighted by atomic mass is 16.2. The Morgan fingerprint density at radius 2 is 2.40 bits per heavy atom. The largest absolute Gasteiger partial charge is 0.396 e. The highest BCUT2D eigenvalue weighted by Gasteiger charge is 2.03. The van der Waals surface area contributed by atoms with Crippen LogP contribution < -0.4 is 5.32 Å². The van der Waals surface area contributed by atoms with Gasteiger partial charge >= 0.3 is 0 Å². The van der Waals surface area contributed by atoms with Crippen molar-refractivity contribution in [3.63, 3.8) is 0 Å². The fraction of sp³-hybridized carbons (Fsp3) is 0.727. The number of nitrogens with one attached hydrogen (secondary N) is 1. The fourth-order valence-electron chi connectivity index (χ4n) is 1.57. The third-order valence-corrected chi connectivity index (χ3v) is 2.53. The quantitative estimate of drug-likeness (QED) is 0.711. The Labute approximate surface area is 91.3 Å². The predicted octanol–water partition coefficient (Wildman–Crippen LogP) is 1.15. The summed E-state index contributed by atoms with van der Waals surface area (Å²) in [5.41, 5.74) is 1.22. The molecule has 0 aliphatic carbocycles. The Bertz CT molecular complexity index is 273. The van der Waals surface area contributed by atoms with Gasteiger partial charge in [-0.2, -0.15) is 5.10 Å². The van der Waals surface area contributed by atoms with Crippen molar-refractivity contribution in [2.45, 2.75) is 45.8 Å². The Morgan fingerprint density at radius 3 is 3.07 bits per heavy atom. The van der Waals surface area contributed by atoms with Crippen molar-refractivity contribution in [1.82, 2.24) is 15.1 Å². The number of aryl methyl sites for hydroxylation is 1. The van der Waals surface area contributed by atoms with Crippen molar-refractivity contribution < 1.29 is 5.11 Å². The molecule has 0 saturated carbocycles. The zero-order valence-electron chi connectivity index (χ0n) is 9.61. The van der Waals surface area contributed by atoms with Crippen molar-refractivity contribution in [2.75, 3.05) is 6.61 Å². The molecule has 0 bridgehead atoms. The molecule has 0 amide bonds. The van der Waals surface area contributed by atoms with Crippen molar-refractivity contribution >= 4 is 0 Å². The number of nitrogens with zero attached hydrogens (tertiary/aromatic N) is 2. The van der Waals surface area contributed by atoms with Crippen molar-refractivity contribution in [1.29, 1.82) is 0 Å². The Balaban J connectivity index is 2.30. The SMILES string of the molecule is CCn1nccc1CNC(C)CCCO. The molecule has 0 saturated heterocycles. The minimum absolute atomic E-state index is 0.277. The van der Waals surface area contributed by atoms with E-state index < -0.39 is 0 Å². The van der Waals surface area contributed by atoms with Gasteiger partial charge in [0.25, 0.3) is 0 Å². The second-order valence-corrected chi connectivity index (χ2v) is 3.79. The highest BCUT2D eigenvalue weighted by molar-refractivity contribution is 5.00. The molecule has 4 heteroatoms. The first-order valence-corrected chi connectivity index (χ1v) is 5.62. The Morgan fingerprint density at radius 1 is 1.60 bits per heavy atom. The van der Waals surface area contributed by atoms with Crippen molar-refractivity contribution in [3.8, 4) is 0 Å². The lowest BCUT2D eigenvalue weighted by molar-refractivity contribution is 0.276. The van der Waals surface area contributed by atoms with E-state index in [-0.39, 0.29) is 6.61 Å². The summed E-state index contributed by atoms with van der Waals surface area (Å²) in [6.07, 6.45) is 3.71. The van der Waals surface area contributed by atoms with Gasteiger partial charge in [0, 0.05) is 31.9 Å². The minimum atomic E-state index is 0.277. The first-order valence-electron chi connectivity index (χ1n) is 5.62. The second kappa shape index (κ2) is 6.58. The number of hydrogen-bond acceptors (Lipinski definition) is 3. The zero-order chi connectivity index (χ0) is 11.1. The minimum Gasteiger partial charge on any atom is -0.396 e. The molecule has 1 atom stereocenters. The second-order valence-electron chi connectivity index (χ2n) is 3.79. The van der Waals surface area contributed by atoms with E-state index in [9.17, 15) is 0 Å². The molecule has 2 N–H and O–H groups in total. The molecular formula is C11H21N3O. The predicted molar refractivity (Wildman–Crippen MR) is 60.5 cm³/mol. The number of aromatic nitrogens is 2. The van der Waals surface area contributed by atoms with Crippen LogP contribution in [0.15, 0.2) is 12.3 Å². The summed E-state index contributed by atoms with van der Waals surface area (Å²) >= 11 is 0. The molecule has 1 rings (SSSR count). The van der Waals surface area contributed by atoms with E-state index in [1.807, 2.05) is 16.9 Å². The maximum Gasteiger partial charge on any atom is 0.0522 e. The number of aliphatic hydroxyl groups is 1. The molecule has 1 heterocycles. The first-order chi connectivity index (χ1) is 7.27. The zero-order valence-corrected chi connectivity index (χ0v) is 9.61. The van der Waals surface area contributed by atoms with Gasteiger partial charge in [0.15, 0.2) is 0 Å². The molecule has 0 aliphatic heterocycles. The van der Waals surface area contributed by atoms with Crippen LogP contribution in [0.4, 0.5) is 0 Å². The maximum atomic E-state index is 8.71. The van der Waals surface area contributed by atoms with E-state index in [1.54, 1.807) is 0 Å². The van der Waals surface area contributed by atoms with E-state index >= 15 is 0 Å². The smallest absolute Gasteiger partial charge is 0.0522 e. The lowest BCUT2D eigenvalue weighted by atomic mass is 10.2. The van der Waals surface area contributed by atoms with Gasteiger partial charge in [-0.15, -0.1) is 0 Å². The van der Waals surface area contributed by atoms with E-state index in [2.05, 4.69) is 24.3 Å². The highest BCUT2D eigenvalue weighted by Crippen LogP contribution is 2.01. The monoisotopic (exact) mass is 211 g/mol. The summed E-state index contributed by atoms with van der Waals surface area (Å²) in [4.78, 5) is 0. The lowest BCUT2D eigenvalue weighted by Crippen LogP contribution is -2.26. The van der Waals surface area contributed by atoms with Crippen LogP contribution in [-0.4, -0.2) is 27.5 Å². The molecule has 15 heavy (non-hydrogen) atoms. The van der Waals surface area contributed by atoms with E-state index in [0.717, 1.165) is 25.9 Å². The molecule has 1 unspecified atom stereocenters. The molecule has 0 fully saturated rings. The molecule has 4 nitrogen and oxygen atoms in total. The standard InChI is InChI=1S/C11H21N3O/c1-3-14-11(6-7-13-14)9-12-10(2)5-4-8-15/h6-7,10,12,15H,3-5,8-9H2,1-2H3. The van der Waals surface area contributed by atoms with Gasteiger partial charge in [-0.25, -0.2) is 0 Å². The summed E-state index contributed by atoms with van der Waals surface area (Å²) in [5, 5.41) is 16.3. The Hall–Kier alpha value is -0.870. The molecule has 1 aromatic rings. The van der Waals surface area contributed by atoms with Crippen LogP contribution >= 0.6 is 0 Å².